The number of nitrogens with zero attached hydrogens (tertiary/aromatic N) is 6. The number of benzene rings is 3. The summed E-state index contributed by atoms with van der Waals surface area (Å²) in [7, 11) is 2.05. The third kappa shape index (κ3) is 7.55. The van der Waals surface area contributed by atoms with Crippen LogP contribution in [0.25, 0.3) is 0 Å². The number of piperazine rings is 1. The molecule has 5 aliphatic rings. The Kier molecular flexibility index (Phi) is 10.4. The summed E-state index contributed by atoms with van der Waals surface area (Å²) in [6.07, 6.45) is 4.20. The van der Waals surface area contributed by atoms with Crippen LogP contribution in [0.5, 0.6) is 0 Å². The number of imide groups is 1. The summed E-state index contributed by atoms with van der Waals surface area (Å²) in [5.74, 6) is -0.944. The molecular weight excluding hydrogens is 732 g/mol. The quantitative estimate of drug-likeness (QED) is 0.326. The fraction of sp³-hybridized carbons (Fsp3) is 0.429. The molecule has 3 fully saturated rings. The molecule has 8 rings (SSSR count). The summed E-state index contributed by atoms with van der Waals surface area (Å²) < 4.78 is 0. The lowest BCUT2D eigenvalue weighted by molar-refractivity contribution is -0.137. The summed E-state index contributed by atoms with van der Waals surface area (Å²) in [5.41, 5.74) is 6.55. The molecule has 0 spiro atoms. The summed E-state index contributed by atoms with van der Waals surface area (Å²) in [6, 6.07) is 19.1. The van der Waals surface area contributed by atoms with Gasteiger partial charge in [-0.15, -0.1) is 0 Å². The molecule has 4 heterocycles. The highest BCUT2D eigenvalue weighted by molar-refractivity contribution is 6.32. The number of hydrogen-bond acceptors (Lipinski definition) is 9. The van der Waals surface area contributed by atoms with E-state index >= 15 is 0 Å². The SMILES string of the molecule is CN(c1ccc(C#N)c(Cl)c1)[C@H]1CC[C@H](NC(=O)c2ccc(N3CCN(CC(=O)N4Cc5cc6c(cc5C4)C(=O)N([C@@H]4CCC(=O)NC4=O)C6)CC3)cc2)CC1. The Morgan fingerprint density at radius 3 is 2.29 bits per heavy atom. The highest BCUT2D eigenvalue weighted by Gasteiger charge is 2.40. The van der Waals surface area contributed by atoms with Gasteiger partial charge in [0.25, 0.3) is 11.8 Å². The molecule has 1 saturated carbocycles. The van der Waals surface area contributed by atoms with Crippen LogP contribution in [0.15, 0.2) is 54.6 Å². The minimum Gasteiger partial charge on any atom is -0.372 e. The zero-order chi connectivity index (χ0) is 39.1. The number of nitriles is 1. The van der Waals surface area contributed by atoms with E-state index in [1.165, 1.54) is 0 Å². The average Bonchev–Trinajstić information content (AvgIpc) is 3.77. The predicted molar refractivity (Wildman–Crippen MR) is 210 cm³/mol. The molecule has 3 aromatic rings. The lowest BCUT2D eigenvalue weighted by atomic mass is 9.90. The number of anilines is 2. The highest BCUT2D eigenvalue weighted by atomic mass is 35.5. The first-order valence-corrected chi connectivity index (χ1v) is 19.8. The lowest BCUT2D eigenvalue weighted by Gasteiger charge is -2.36. The van der Waals surface area contributed by atoms with Gasteiger partial charge in [0.2, 0.25) is 17.7 Å². The Morgan fingerprint density at radius 1 is 0.893 bits per heavy atom. The first kappa shape index (κ1) is 37.5. The van der Waals surface area contributed by atoms with Crippen LogP contribution in [-0.2, 0) is 34.0 Å². The van der Waals surface area contributed by atoms with Crippen molar-refractivity contribution >= 4 is 52.5 Å². The van der Waals surface area contributed by atoms with E-state index in [4.69, 9.17) is 11.6 Å². The number of carbonyl (C=O) groups excluding carboxylic acids is 5. The van der Waals surface area contributed by atoms with E-state index in [0.29, 0.717) is 60.4 Å². The van der Waals surface area contributed by atoms with Gasteiger partial charge in [-0.25, -0.2) is 0 Å². The smallest absolute Gasteiger partial charge is 0.255 e. The van der Waals surface area contributed by atoms with Crippen LogP contribution in [-0.4, -0.2) is 102 Å². The Bertz CT molecular complexity index is 2120. The minimum absolute atomic E-state index is 0.0541. The van der Waals surface area contributed by atoms with Gasteiger partial charge in [0.1, 0.15) is 12.1 Å². The van der Waals surface area contributed by atoms with Gasteiger partial charge < -0.3 is 24.9 Å². The van der Waals surface area contributed by atoms with Gasteiger partial charge in [-0.2, -0.15) is 5.26 Å². The molecule has 0 unspecified atom stereocenters. The van der Waals surface area contributed by atoms with Gasteiger partial charge in [-0.05, 0) is 97.3 Å². The van der Waals surface area contributed by atoms with Crippen molar-refractivity contribution in [3.05, 3.63) is 93.0 Å². The molecule has 1 atom stereocenters. The number of carbonyl (C=O) groups is 5. The van der Waals surface area contributed by atoms with Crippen molar-refractivity contribution in [2.75, 3.05) is 49.6 Å². The lowest BCUT2D eigenvalue weighted by Crippen LogP contribution is -2.52. The molecule has 1 aliphatic carbocycles. The van der Waals surface area contributed by atoms with Crippen molar-refractivity contribution in [1.29, 1.82) is 5.26 Å². The second-order valence-corrected chi connectivity index (χ2v) is 16.0. The molecule has 3 aromatic carbocycles. The minimum atomic E-state index is -0.647. The van der Waals surface area contributed by atoms with Crippen molar-refractivity contribution in [2.24, 2.45) is 0 Å². The fourth-order valence-electron chi connectivity index (χ4n) is 8.83. The zero-order valence-electron chi connectivity index (χ0n) is 31.4. The number of nitrogens with one attached hydrogen (secondary N) is 2. The largest absolute Gasteiger partial charge is 0.372 e. The average molecular weight is 777 g/mol. The number of hydrogen-bond donors (Lipinski definition) is 2. The number of rotatable bonds is 8. The second kappa shape index (κ2) is 15.6. The van der Waals surface area contributed by atoms with E-state index in [0.717, 1.165) is 79.9 Å². The summed E-state index contributed by atoms with van der Waals surface area (Å²) >= 11 is 6.26. The molecule has 4 aliphatic heterocycles. The van der Waals surface area contributed by atoms with Gasteiger partial charge in [-0.3, -0.25) is 34.2 Å². The Labute approximate surface area is 331 Å². The molecule has 290 valence electrons. The Morgan fingerprint density at radius 2 is 1.61 bits per heavy atom. The fourth-order valence-corrected chi connectivity index (χ4v) is 9.05. The van der Waals surface area contributed by atoms with Crippen LogP contribution in [0, 0.1) is 11.3 Å². The van der Waals surface area contributed by atoms with Crippen LogP contribution >= 0.6 is 11.6 Å². The van der Waals surface area contributed by atoms with Crippen molar-refractivity contribution < 1.29 is 24.0 Å². The molecule has 13 nitrogen and oxygen atoms in total. The first-order valence-electron chi connectivity index (χ1n) is 19.4. The summed E-state index contributed by atoms with van der Waals surface area (Å²) in [6.45, 7) is 4.59. The van der Waals surface area contributed by atoms with Crippen molar-refractivity contribution in [3.63, 3.8) is 0 Å². The predicted octanol–water partition coefficient (Wildman–Crippen LogP) is 3.81. The molecule has 14 heteroatoms. The van der Waals surface area contributed by atoms with Crippen LogP contribution < -0.4 is 20.4 Å². The van der Waals surface area contributed by atoms with E-state index in [9.17, 15) is 29.2 Å². The number of fused-ring (bicyclic) bond motifs is 2. The number of amides is 5. The molecule has 0 aromatic heterocycles. The van der Waals surface area contributed by atoms with Crippen molar-refractivity contribution in [3.8, 4) is 6.07 Å². The Hall–Kier alpha value is -5.45. The molecule has 2 N–H and O–H groups in total. The van der Waals surface area contributed by atoms with E-state index in [2.05, 4.69) is 38.5 Å². The topological polar surface area (TPSA) is 149 Å². The number of halogens is 1. The van der Waals surface area contributed by atoms with Gasteiger partial charge in [0, 0.05) is 93.9 Å². The zero-order valence-corrected chi connectivity index (χ0v) is 32.2. The van der Waals surface area contributed by atoms with E-state index in [1.807, 2.05) is 53.4 Å². The molecule has 0 bridgehead atoms. The van der Waals surface area contributed by atoms with Gasteiger partial charge in [0.15, 0.2) is 0 Å². The van der Waals surface area contributed by atoms with E-state index in [1.54, 1.807) is 11.0 Å². The number of piperidine rings is 1. The van der Waals surface area contributed by atoms with Gasteiger partial charge in [0.05, 0.1) is 17.1 Å². The van der Waals surface area contributed by atoms with Crippen LogP contribution in [0.4, 0.5) is 11.4 Å². The molecule has 0 radical (unpaired) electrons. The normalized spacial score (nSPS) is 22.3. The first-order chi connectivity index (χ1) is 27.0. The maximum Gasteiger partial charge on any atom is 0.255 e. The molecule has 56 heavy (non-hydrogen) atoms. The summed E-state index contributed by atoms with van der Waals surface area (Å²) in [4.78, 5) is 74.0. The highest BCUT2D eigenvalue weighted by Crippen LogP contribution is 2.34. The van der Waals surface area contributed by atoms with Crippen LogP contribution in [0.1, 0.15) is 81.5 Å². The maximum absolute atomic E-state index is 13.4. The van der Waals surface area contributed by atoms with E-state index < -0.39 is 11.9 Å². The third-order valence-electron chi connectivity index (χ3n) is 12.2. The molecule has 2 saturated heterocycles. The van der Waals surface area contributed by atoms with Crippen molar-refractivity contribution in [2.45, 2.75) is 76.3 Å². The van der Waals surface area contributed by atoms with E-state index in [-0.39, 0.29) is 36.1 Å². The standard InChI is InChI=1S/C42H45ClN8O5/c1-47(34-9-4-27(21-44)36(43)20-34)32-10-5-31(6-11-32)45-40(54)26-2-7-33(8-3-26)49-16-14-48(15-17-49)25-39(53)50-22-28-18-30-24-51(37-12-13-38(52)46-41(37)55)42(56)35(30)19-29(28)23-50/h2-4,7-9,18-20,31-32,37H,5-6,10-17,22-25H2,1H3,(H,45,54)(H,46,52,55)/t31-,32-,37-/m1/s1. The maximum atomic E-state index is 13.4. The molecular formula is C42H45ClN8O5. The van der Waals surface area contributed by atoms with Gasteiger partial charge in [-0.1, -0.05) is 17.7 Å². The third-order valence-corrected chi connectivity index (χ3v) is 12.5. The second-order valence-electron chi connectivity index (χ2n) is 15.6. The summed E-state index contributed by atoms with van der Waals surface area (Å²) in [5, 5.41) is 15.2. The van der Waals surface area contributed by atoms with Crippen molar-refractivity contribution in [1.82, 2.24) is 25.3 Å². The van der Waals surface area contributed by atoms with Crippen LogP contribution in [0.3, 0.4) is 0 Å². The van der Waals surface area contributed by atoms with Gasteiger partial charge >= 0.3 is 0 Å². The monoisotopic (exact) mass is 776 g/mol. The van der Waals surface area contributed by atoms with Crippen LogP contribution in [0.2, 0.25) is 5.02 Å². The Balaban J connectivity index is 0.770. The molecule has 5 amide bonds.